The molecule has 0 N–H and O–H groups in total. The molecule has 0 spiro atoms. The fourth-order valence-corrected chi connectivity index (χ4v) is 1.81. The summed E-state index contributed by atoms with van der Waals surface area (Å²) in [6, 6.07) is 8.56. The number of hydrogen-bond donors (Lipinski definition) is 0. The smallest absolute Gasteiger partial charge is 0.252 e. The Labute approximate surface area is 90.9 Å². The summed E-state index contributed by atoms with van der Waals surface area (Å²) in [6.07, 6.45) is 0.696. The molecule has 2 aromatic rings. The first-order chi connectivity index (χ1) is 7.24. The summed E-state index contributed by atoms with van der Waals surface area (Å²) in [5.41, 5.74) is 0.424. The summed E-state index contributed by atoms with van der Waals surface area (Å²) in [6.45, 7) is 0.0521. The molecule has 0 fully saturated rings. The third-order valence-corrected chi connectivity index (χ3v) is 2.54. The van der Waals surface area contributed by atoms with Crippen molar-refractivity contribution in [3.05, 3.63) is 45.7 Å². The van der Waals surface area contributed by atoms with Gasteiger partial charge in [0.2, 0.25) is 0 Å². The van der Waals surface area contributed by atoms with Gasteiger partial charge in [-0.2, -0.15) is 0 Å². The molecule has 0 unspecified atom stereocenters. The van der Waals surface area contributed by atoms with Crippen LogP contribution in [0.2, 0.25) is 5.02 Å². The van der Waals surface area contributed by atoms with Gasteiger partial charge in [-0.1, -0.05) is 29.8 Å². The van der Waals surface area contributed by atoms with Crippen LogP contribution in [0.15, 0.2) is 35.1 Å². The molecule has 2 rings (SSSR count). The molecule has 3 nitrogen and oxygen atoms in total. The SMILES string of the molecule is O=CCn1c(=O)cc(Cl)c2ccccc21. The van der Waals surface area contributed by atoms with Crippen molar-refractivity contribution in [3.8, 4) is 0 Å². The average molecular weight is 222 g/mol. The van der Waals surface area contributed by atoms with Crippen LogP contribution in [0.4, 0.5) is 0 Å². The molecule has 0 aliphatic carbocycles. The van der Waals surface area contributed by atoms with E-state index in [2.05, 4.69) is 0 Å². The molecule has 0 saturated carbocycles. The van der Waals surface area contributed by atoms with E-state index in [0.717, 1.165) is 5.39 Å². The molecule has 76 valence electrons. The predicted molar refractivity (Wildman–Crippen MR) is 59.3 cm³/mol. The summed E-state index contributed by atoms with van der Waals surface area (Å²) in [7, 11) is 0. The van der Waals surface area contributed by atoms with Crippen LogP contribution in [0, 0.1) is 0 Å². The normalized spacial score (nSPS) is 10.5. The Balaban J connectivity index is 2.89. The molecule has 0 saturated heterocycles. The maximum Gasteiger partial charge on any atom is 0.252 e. The highest BCUT2D eigenvalue weighted by Crippen LogP contribution is 2.20. The standard InChI is InChI=1S/C11H8ClNO2/c12-9-7-11(15)13(5-6-14)10-4-2-1-3-8(9)10/h1-4,6-7H,5H2. The van der Waals surface area contributed by atoms with E-state index in [1.54, 1.807) is 12.1 Å². The van der Waals surface area contributed by atoms with Gasteiger partial charge in [0.25, 0.3) is 5.56 Å². The number of fused-ring (bicyclic) bond motifs is 1. The summed E-state index contributed by atoms with van der Waals surface area (Å²) >= 11 is 5.93. The van der Waals surface area contributed by atoms with Crippen LogP contribution in [0.25, 0.3) is 10.9 Å². The first-order valence-electron chi connectivity index (χ1n) is 4.46. The van der Waals surface area contributed by atoms with Crippen LogP contribution in [-0.2, 0) is 11.3 Å². The second kappa shape index (κ2) is 3.87. The number of rotatable bonds is 2. The van der Waals surface area contributed by atoms with Crippen molar-refractivity contribution in [2.24, 2.45) is 0 Å². The Kier molecular flexibility index (Phi) is 2.56. The van der Waals surface area contributed by atoms with Gasteiger partial charge in [-0.05, 0) is 6.07 Å². The minimum atomic E-state index is -0.259. The fraction of sp³-hybridized carbons (Fsp3) is 0.0909. The number of carbonyl (C=O) groups excluding carboxylic acids is 1. The van der Waals surface area contributed by atoms with Crippen molar-refractivity contribution in [2.75, 3.05) is 0 Å². The largest absolute Gasteiger partial charge is 0.301 e. The van der Waals surface area contributed by atoms with E-state index in [0.29, 0.717) is 16.8 Å². The van der Waals surface area contributed by atoms with E-state index >= 15 is 0 Å². The van der Waals surface area contributed by atoms with Crippen LogP contribution in [-0.4, -0.2) is 10.9 Å². The number of nitrogens with zero attached hydrogens (tertiary/aromatic N) is 1. The Morgan fingerprint density at radius 1 is 1.33 bits per heavy atom. The molecule has 4 heteroatoms. The highest BCUT2D eigenvalue weighted by Gasteiger charge is 2.05. The summed E-state index contributed by atoms with van der Waals surface area (Å²) in [5.74, 6) is 0. The predicted octanol–water partition coefficient (Wildman–Crippen LogP) is 1.85. The number of carbonyl (C=O) groups is 1. The summed E-state index contributed by atoms with van der Waals surface area (Å²) in [5, 5.41) is 1.19. The maximum absolute atomic E-state index is 11.6. The Hall–Kier alpha value is -1.61. The molecular weight excluding hydrogens is 214 g/mol. The summed E-state index contributed by atoms with van der Waals surface area (Å²) in [4.78, 5) is 22.0. The molecule has 0 bridgehead atoms. The number of halogens is 1. The molecule has 0 aliphatic rings. The maximum atomic E-state index is 11.6. The molecule has 0 atom stereocenters. The molecule has 1 heterocycles. The van der Waals surface area contributed by atoms with Gasteiger partial charge in [-0.15, -0.1) is 0 Å². The highest BCUT2D eigenvalue weighted by atomic mass is 35.5. The van der Waals surface area contributed by atoms with Crippen molar-refractivity contribution in [2.45, 2.75) is 6.54 Å². The highest BCUT2D eigenvalue weighted by molar-refractivity contribution is 6.35. The van der Waals surface area contributed by atoms with Gasteiger partial charge >= 0.3 is 0 Å². The van der Waals surface area contributed by atoms with Gasteiger partial charge in [-0.3, -0.25) is 4.79 Å². The topological polar surface area (TPSA) is 39.1 Å². The lowest BCUT2D eigenvalue weighted by Gasteiger charge is -2.07. The van der Waals surface area contributed by atoms with Crippen molar-refractivity contribution in [3.63, 3.8) is 0 Å². The molecule has 15 heavy (non-hydrogen) atoms. The Morgan fingerprint density at radius 3 is 2.80 bits per heavy atom. The van der Waals surface area contributed by atoms with Gasteiger partial charge in [0.1, 0.15) is 6.29 Å². The Bertz CT molecular complexity index is 574. The van der Waals surface area contributed by atoms with Crippen LogP contribution in [0.5, 0.6) is 0 Å². The number of hydrogen-bond acceptors (Lipinski definition) is 2. The van der Waals surface area contributed by atoms with Crippen molar-refractivity contribution in [1.82, 2.24) is 4.57 Å². The zero-order valence-corrected chi connectivity index (χ0v) is 8.57. The molecule has 1 aromatic heterocycles. The van der Waals surface area contributed by atoms with E-state index in [1.807, 2.05) is 12.1 Å². The average Bonchev–Trinajstić information content (AvgIpc) is 2.24. The molecule has 0 aliphatic heterocycles. The van der Waals surface area contributed by atoms with Gasteiger partial charge in [0.05, 0.1) is 17.1 Å². The van der Waals surface area contributed by atoms with Crippen LogP contribution in [0.1, 0.15) is 0 Å². The lowest BCUT2D eigenvalue weighted by Crippen LogP contribution is -2.20. The van der Waals surface area contributed by atoms with Gasteiger partial charge in [0, 0.05) is 11.5 Å². The third kappa shape index (κ3) is 1.66. The zero-order chi connectivity index (χ0) is 10.8. The van der Waals surface area contributed by atoms with E-state index in [4.69, 9.17) is 11.6 Å². The lowest BCUT2D eigenvalue weighted by atomic mass is 10.2. The molecule has 1 aromatic carbocycles. The quantitative estimate of drug-likeness (QED) is 0.726. The van der Waals surface area contributed by atoms with E-state index in [-0.39, 0.29) is 12.1 Å². The van der Waals surface area contributed by atoms with Crippen LogP contribution < -0.4 is 5.56 Å². The first kappa shape index (κ1) is 9.93. The second-order valence-electron chi connectivity index (χ2n) is 3.12. The van der Waals surface area contributed by atoms with Crippen LogP contribution in [0.3, 0.4) is 0 Å². The number of pyridine rings is 1. The minimum absolute atomic E-state index is 0.0521. The third-order valence-electron chi connectivity index (χ3n) is 2.23. The van der Waals surface area contributed by atoms with Crippen molar-refractivity contribution < 1.29 is 4.79 Å². The van der Waals surface area contributed by atoms with E-state index in [1.165, 1.54) is 10.6 Å². The fourth-order valence-electron chi connectivity index (χ4n) is 1.56. The number of aldehydes is 1. The summed E-state index contributed by atoms with van der Waals surface area (Å²) < 4.78 is 1.40. The van der Waals surface area contributed by atoms with Crippen molar-refractivity contribution >= 4 is 28.8 Å². The number of para-hydroxylation sites is 1. The molecule has 0 radical (unpaired) electrons. The van der Waals surface area contributed by atoms with Crippen molar-refractivity contribution in [1.29, 1.82) is 0 Å². The second-order valence-corrected chi connectivity index (χ2v) is 3.53. The zero-order valence-electron chi connectivity index (χ0n) is 7.81. The minimum Gasteiger partial charge on any atom is -0.301 e. The van der Waals surface area contributed by atoms with Crippen LogP contribution >= 0.6 is 11.6 Å². The number of aromatic nitrogens is 1. The van der Waals surface area contributed by atoms with E-state index in [9.17, 15) is 9.59 Å². The Morgan fingerprint density at radius 2 is 2.07 bits per heavy atom. The van der Waals surface area contributed by atoms with Gasteiger partial charge in [0.15, 0.2) is 0 Å². The first-order valence-corrected chi connectivity index (χ1v) is 4.83. The molecular formula is C11H8ClNO2. The number of benzene rings is 1. The molecule has 0 amide bonds. The lowest BCUT2D eigenvalue weighted by molar-refractivity contribution is -0.108. The van der Waals surface area contributed by atoms with Gasteiger partial charge in [-0.25, -0.2) is 0 Å². The van der Waals surface area contributed by atoms with Gasteiger partial charge < -0.3 is 9.36 Å². The monoisotopic (exact) mass is 221 g/mol. The van der Waals surface area contributed by atoms with E-state index < -0.39 is 0 Å².